The van der Waals surface area contributed by atoms with Gasteiger partial charge in [-0.3, -0.25) is 0 Å². The van der Waals surface area contributed by atoms with Crippen molar-refractivity contribution in [3.8, 4) is 23.0 Å². The summed E-state index contributed by atoms with van der Waals surface area (Å²) >= 11 is 5.73. The molecule has 24 heavy (non-hydrogen) atoms. The molecule has 0 bridgehead atoms. The molecule has 2 aliphatic heterocycles. The maximum atomic E-state index is 8.96. The van der Waals surface area contributed by atoms with Crippen LogP contribution in [0.5, 0.6) is 23.0 Å². The normalized spacial score (nSPS) is 14.4. The Kier molecular flexibility index (Phi) is 5.67. The minimum Gasteiger partial charge on any atom is -0.486 e. The zero-order valence-electron chi connectivity index (χ0n) is 13.2. The van der Waals surface area contributed by atoms with Gasteiger partial charge in [0.2, 0.25) is 0 Å². The number of fused-ring (bicyclic) bond motifs is 2. The molecule has 0 saturated carbocycles. The van der Waals surface area contributed by atoms with E-state index in [1.807, 2.05) is 36.4 Å². The van der Waals surface area contributed by atoms with Crippen molar-refractivity contribution in [1.29, 1.82) is 0 Å². The summed E-state index contributed by atoms with van der Waals surface area (Å²) in [6.45, 7) is 2.37. The lowest BCUT2D eigenvalue weighted by molar-refractivity contribution is 0.165. The lowest BCUT2D eigenvalue weighted by Crippen LogP contribution is -2.16. The van der Waals surface area contributed by atoms with Crippen molar-refractivity contribution in [2.75, 3.05) is 26.4 Å². The molecular formula is C18H19ClO5. The first kappa shape index (κ1) is 16.7. The maximum absolute atomic E-state index is 8.96. The van der Waals surface area contributed by atoms with Gasteiger partial charge in [-0.2, -0.15) is 0 Å². The van der Waals surface area contributed by atoms with Crippen LogP contribution in [0.2, 0.25) is 0 Å². The fraction of sp³-hybridized carbons (Fsp3) is 0.333. The third-order valence-corrected chi connectivity index (χ3v) is 3.90. The number of rotatable bonds is 2. The monoisotopic (exact) mass is 350 g/mol. The maximum Gasteiger partial charge on any atom is 0.166 e. The van der Waals surface area contributed by atoms with E-state index in [2.05, 4.69) is 0 Å². The molecule has 1 N–H and O–H groups in total. The second kappa shape index (κ2) is 8.13. The Morgan fingerprint density at radius 3 is 1.79 bits per heavy atom. The van der Waals surface area contributed by atoms with Crippen LogP contribution < -0.4 is 18.9 Å². The molecule has 0 atom stereocenters. The Morgan fingerprint density at radius 1 is 0.750 bits per heavy atom. The van der Waals surface area contributed by atoms with Crippen molar-refractivity contribution in [1.82, 2.24) is 0 Å². The zero-order valence-corrected chi connectivity index (χ0v) is 13.9. The molecule has 2 aliphatic rings. The minimum absolute atomic E-state index is 0.00741. The highest BCUT2D eigenvalue weighted by Crippen LogP contribution is 2.34. The Morgan fingerprint density at radius 2 is 1.25 bits per heavy atom. The number of halogens is 1. The van der Waals surface area contributed by atoms with E-state index < -0.39 is 0 Å². The van der Waals surface area contributed by atoms with Crippen LogP contribution in [-0.2, 0) is 12.5 Å². The van der Waals surface area contributed by atoms with Gasteiger partial charge in [-0.05, 0) is 12.1 Å². The fourth-order valence-corrected chi connectivity index (χ4v) is 2.71. The van der Waals surface area contributed by atoms with Gasteiger partial charge in [0, 0.05) is 11.1 Å². The molecule has 0 amide bonds. The number of aliphatic hydroxyl groups is 1. The van der Waals surface area contributed by atoms with E-state index in [0.29, 0.717) is 38.1 Å². The van der Waals surface area contributed by atoms with Crippen LogP contribution in [0.3, 0.4) is 0 Å². The van der Waals surface area contributed by atoms with Crippen molar-refractivity contribution < 1.29 is 24.1 Å². The van der Waals surface area contributed by atoms with Crippen LogP contribution in [0.25, 0.3) is 0 Å². The molecule has 0 spiro atoms. The largest absolute Gasteiger partial charge is 0.486 e. The van der Waals surface area contributed by atoms with E-state index in [9.17, 15) is 0 Å². The van der Waals surface area contributed by atoms with Crippen LogP contribution in [0, 0.1) is 0 Å². The van der Waals surface area contributed by atoms with Crippen LogP contribution in [-0.4, -0.2) is 31.5 Å². The quantitative estimate of drug-likeness (QED) is 0.843. The van der Waals surface area contributed by atoms with E-state index in [0.717, 1.165) is 28.4 Å². The first-order valence-electron chi connectivity index (χ1n) is 7.75. The highest BCUT2D eigenvalue weighted by atomic mass is 35.5. The topological polar surface area (TPSA) is 57.2 Å². The first-order valence-corrected chi connectivity index (χ1v) is 8.28. The highest BCUT2D eigenvalue weighted by Gasteiger charge is 2.15. The summed E-state index contributed by atoms with van der Waals surface area (Å²) in [5.41, 5.74) is 1.78. The average molecular weight is 351 g/mol. The van der Waals surface area contributed by atoms with E-state index in [1.54, 1.807) is 0 Å². The Hall–Kier alpha value is -2.11. The van der Waals surface area contributed by atoms with Crippen molar-refractivity contribution >= 4 is 11.6 Å². The van der Waals surface area contributed by atoms with Gasteiger partial charge in [-0.1, -0.05) is 24.3 Å². The van der Waals surface area contributed by atoms with E-state index >= 15 is 0 Å². The number of aliphatic hydroxyl groups excluding tert-OH is 1. The van der Waals surface area contributed by atoms with Gasteiger partial charge in [-0.25, -0.2) is 0 Å². The molecule has 2 aromatic rings. The van der Waals surface area contributed by atoms with Crippen molar-refractivity contribution in [2.45, 2.75) is 12.5 Å². The van der Waals surface area contributed by atoms with Crippen LogP contribution in [0.15, 0.2) is 36.4 Å². The Labute approximate surface area is 145 Å². The molecule has 0 unspecified atom stereocenters. The van der Waals surface area contributed by atoms with E-state index in [4.69, 9.17) is 35.7 Å². The molecule has 4 rings (SSSR count). The number of para-hydroxylation sites is 2. The molecule has 0 fully saturated rings. The molecule has 128 valence electrons. The Bertz CT molecular complexity index is 601. The third kappa shape index (κ3) is 3.68. The minimum atomic E-state index is -0.00741. The van der Waals surface area contributed by atoms with Gasteiger partial charge in [-0.15, -0.1) is 11.6 Å². The molecule has 5 nitrogen and oxygen atoms in total. The second-order valence-electron chi connectivity index (χ2n) is 5.17. The second-order valence-corrected chi connectivity index (χ2v) is 5.44. The lowest BCUT2D eigenvalue weighted by Gasteiger charge is -2.19. The number of hydrogen-bond donors (Lipinski definition) is 1. The van der Waals surface area contributed by atoms with Crippen molar-refractivity contribution in [3.05, 3.63) is 47.5 Å². The Balaban J connectivity index is 0.000000141. The van der Waals surface area contributed by atoms with Crippen molar-refractivity contribution in [2.24, 2.45) is 0 Å². The summed E-state index contributed by atoms with van der Waals surface area (Å²) in [5, 5.41) is 8.96. The number of alkyl halides is 1. The number of hydrogen-bond acceptors (Lipinski definition) is 5. The summed E-state index contributed by atoms with van der Waals surface area (Å²) in [4.78, 5) is 0. The van der Waals surface area contributed by atoms with Gasteiger partial charge < -0.3 is 24.1 Å². The van der Waals surface area contributed by atoms with E-state index in [-0.39, 0.29) is 6.61 Å². The molecule has 0 aliphatic carbocycles. The van der Waals surface area contributed by atoms with Gasteiger partial charge in [0.25, 0.3) is 0 Å². The summed E-state index contributed by atoms with van der Waals surface area (Å²) in [6, 6.07) is 11.3. The number of ether oxygens (including phenoxy) is 4. The summed E-state index contributed by atoms with van der Waals surface area (Å²) < 4.78 is 21.5. The van der Waals surface area contributed by atoms with Crippen molar-refractivity contribution in [3.63, 3.8) is 0 Å². The standard InChI is InChI=1S/C9H9ClO2.C9H10O3/c2*10-6-7-2-1-3-8-9(7)12-5-4-11-8/h1-3H,4-6H2;1-3,10H,4-6H2. The predicted molar refractivity (Wildman–Crippen MR) is 90.3 cm³/mol. The van der Waals surface area contributed by atoms with Gasteiger partial charge >= 0.3 is 0 Å². The molecule has 2 heterocycles. The summed E-state index contributed by atoms with van der Waals surface area (Å²) in [5.74, 6) is 3.49. The first-order chi connectivity index (χ1) is 11.8. The van der Waals surface area contributed by atoms with Gasteiger partial charge in [0.1, 0.15) is 26.4 Å². The van der Waals surface area contributed by atoms with Gasteiger partial charge in [0.15, 0.2) is 23.0 Å². The van der Waals surface area contributed by atoms with Gasteiger partial charge in [0.05, 0.1) is 12.5 Å². The molecule has 0 saturated heterocycles. The fourth-order valence-electron chi connectivity index (χ4n) is 2.50. The van der Waals surface area contributed by atoms with Crippen LogP contribution in [0.4, 0.5) is 0 Å². The molecule has 2 aromatic carbocycles. The lowest BCUT2D eigenvalue weighted by atomic mass is 10.2. The van der Waals surface area contributed by atoms with Crippen LogP contribution in [0.1, 0.15) is 11.1 Å². The smallest absolute Gasteiger partial charge is 0.166 e. The summed E-state index contributed by atoms with van der Waals surface area (Å²) in [6.07, 6.45) is 0. The number of benzene rings is 2. The summed E-state index contributed by atoms with van der Waals surface area (Å²) in [7, 11) is 0. The third-order valence-electron chi connectivity index (χ3n) is 3.61. The SMILES string of the molecule is ClCc1cccc2c1OCCO2.OCc1cccc2c1OCCO2. The van der Waals surface area contributed by atoms with E-state index in [1.165, 1.54) is 0 Å². The molecule has 0 aromatic heterocycles. The van der Waals surface area contributed by atoms with Crippen LogP contribution >= 0.6 is 11.6 Å². The molecule has 0 radical (unpaired) electrons. The highest BCUT2D eigenvalue weighted by molar-refractivity contribution is 6.17. The molecule has 6 heteroatoms. The zero-order chi connectivity index (χ0) is 16.8. The average Bonchev–Trinajstić information content (AvgIpc) is 2.67. The predicted octanol–water partition coefficient (Wildman–Crippen LogP) is 3.15. The molecular weight excluding hydrogens is 332 g/mol.